The van der Waals surface area contributed by atoms with Crippen LogP contribution in [0.25, 0.3) is 39.5 Å². The fraction of sp³-hybridized carbons (Fsp3) is 0.130. The van der Waals surface area contributed by atoms with Crippen molar-refractivity contribution in [3.63, 3.8) is 0 Å². The Balaban J connectivity index is 1.77. The number of pyridine rings is 1. The van der Waals surface area contributed by atoms with Gasteiger partial charge in [-0.2, -0.15) is 5.10 Å². The number of aromatic nitrogens is 7. The maximum Gasteiger partial charge on any atom is 0.182 e. The van der Waals surface area contributed by atoms with Crippen LogP contribution in [0.5, 0.6) is 0 Å². The zero-order chi connectivity index (χ0) is 22.4. The summed E-state index contributed by atoms with van der Waals surface area (Å²) >= 11 is 5.96. The zero-order valence-electron chi connectivity index (χ0n) is 17.5. The molecule has 0 amide bonds. The molecular formula is C23H17ClFN7. The Morgan fingerprint density at radius 1 is 0.844 bits per heavy atom. The summed E-state index contributed by atoms with van der Waals surface area (Å²) in [6.07, 6.45) is 5.23. The first-order valence-corrected chi connectivity index (χ1v) is 10.2. The highest BCUT2D eigenvalue weighted by Crippen LogP contribution is 2.31. The van der Waals surface area contributed by atoms with Gasteiger partial charge in [-0.05, 0) is 51.1 Å². The second-order valence-electron chi connectivity index (χ2n) is 7.36. The van der Waals surface area contributed by atoms with Gasteiger partial charge in [0.05, 0.1) is 28.3 Å². The molecule has 0 aliphatic rings. The van der Waals surface area contributed by atoms with E-state index in [4.69, 9.17) is 16.6 Å². The van der Waals surface area contributed by atoms with Crippen LogP contribution < -0.4 is 0 Å². The van der Waals surface area contributed by atoms with Gasteiger partial charge in [0, 0.05) is 29.2 Å². The molecule has 0 radical (unpaired) electrons. The van der Waals surface area contributed by atoms with Gasteiger partial charge in [-0.3, -0.25) is 4.98 Å². The zero-order valence-corrected chi connectivity index (χ0v) is 18.3. The Kier molecular flexibility index (Phi) is 4.86. The summed E-state index contributed by atoms with van der Waals surface area (Å²) in [5.74, 6) is -0.107. The van der Waals surface area contributed by atoms with E-state index in [9.17, 15) is 4.39 Å². The van der Waals surface area contributed by atoms with Gasteiger partial charge in [0.25, 0.3) is 0 Å². The van der Waals surface area contributed by atoms with E-state index < -0.39 is 5.82 Å². The van der Waals surface area contributed by atoms with Crippen molar-refractivity contribution in [2.75, 3.05) is 0 Å². The SMILES string of the molecule is Cc1nn(-c2ccncc2)cc1-c1nc(-c2ccc(Cl)cc2F)c2nc(C)c(C)nc2n1. The lowest BCUT2D eigenvalue weighted by Crippen LogP contribution is -2.03. The van der Waals surface area contributed by atoms with Gasteiger partial charge < -0.3 is 0 Å². The fourth-order valence-corrected chi connectivity index (χ4v) is 3.57. The first-order chi connectivity index (χ1) is 15.4. The topological polar surface area (TPSA) is 82.3 Å². The smallest absolute Gasteiger partial charge is 0.182 e. The molecule has 0 aliphatic heterocycles. The van der Waals surface area contributed by atoms with E-state index in [-0.39, 0.29) is 5.56 Å². The third kappa shape index (κ3) is 3.48. The average molecular weight is 446 g/mol. The van der Waals surface area contributed by atoms with Crippen LogP contribution in [0.3, 0.4) is 0 Å². The highest BCUT2D eigenvalue weighted by atomic mass is 35.5. The first kappa shape index (κ1) is 20.1. The van der Waals surface area contributed by atoms with Crippen molar-refractivity contribution in [3.05, 3.63) is 76.8 Å². The largest absolute Gasteiger partial charge is 0.265 e. The molecule has 9 heteroatoms. The minimum absolute atomic E-state index is 0.278. The number of halogens is 2. The van der Waals surface area contributed by atoms with Crippen molar-refractivity contribution in [1.29, 1.82) is 0 Å². The molecule has 0 saturated heterocycles. The molecule has 4 heterocycles. The monoisotopic (exact) mass is 445 g/mol. The molecule has 5 rings (SSSR count). The van der Waals surface area contributed by atoms with Crippen molar-refractivity contribution >= 4 is 22.8 Å². The van der Waals surface area contributed by atoms with Crippen molar-refractivity contribution in [1.82, 2.24) is 34.7 Å². The van der Waals surface area contributed by atoms with E-state index in [2.05, 4.69) is 25.0 Å². The molecule has 158 valence electrons. The molecule has 4 aromatic heterocycles. The normalized spacial score (nSPS) is 11.3. The summed E-state index contributed by atoms with van der Waals surface area (Å²) in [5, 5.41) is 4.89. The lowest BCUT2D eigenvalue weighted by Gasteiger charge is -2.10. The standard InChI is InChI=1S/C23H17ClFN7/c1-12-13(2)28-23-21(27-12)20(17-5-4-15(24)10-19(17)25)29-22(30-23)18-11-32(31-14(18)3)16-6-8-26-9-7-16/h4-11H,1-3H3. The van der Waals surface area contributed by atoms with Crippen LogP contribution in [0, 0.1) is 26.6 Å². The summed E-state index contributed by atoms with van der Waals surface area (Å²) in [7, 11) is 0. The van der Waals surface area contributed by atoms with E-state index >= 15 is 0 Å². The van der Waals surface area contributed by atoms with Crippen molar-refractivity contribution in [2.45, 2.75) is 20.8 Å². The third-order valence-electron chi connectivity index (χ3n) is 5.20. The third-order valence-corrected chi connectivity index (χ3v) is 5.43. The van der Waals surface area contributed by atoms with Crippen LogP contribution in [0.15, 0.2) is 48.9 Å². The van der Waals surface area contributed by atoms with Crippen LogP contribution in [-0.4, -0.2) is 34.7 Å². The number of nitrogens with zero attached hydrogens (tertiary/aromatic N) is 7. The number of fused-ring (bicyclic) bond motifs is 1. The van der Waals surface area contributed by atoms with Gasteiger partial charge in [0.2, 0.25) is 0 Å². The Morgan fingerprint density at radius 3 is 2.34 bits per heavy atom. The van der Waals surface area contributed by atoms with Crippen LogP contribution in [0.2, 0.25) is 5.02 Å². The molecule has 0 bridgehead atoms. The molecule has 0 fully saturated rings. The average Bonchev–Trinajstić information content (AvgIpc) is 3.16. The van der Waals surface area contributed by atoms with Crippen molar-refractivity contribution in [2.24, 2.45) is 0 Å². The summed E-state index contributed by atoms with van der Waals surface area (Å²) in [6.45, 7) is 5.58. The van der Waals surface area contributed by atoms with Gasteiger partial charge in [-0.15, -0.1) is 0 Å². The number of aryl methyl sites for hydroxylation is 3. The quantitative estimate of drug-likeness (QED) is 0.386. The van der Waals surface area contributed by atoms with Crippen molar-refractivity contribution in [3.8, 4) is 28.3 Å². The first-order valence-electron chi connectivity index (χ1n) is 9.86. The van der Waals surface area contributed by atoms with Crippen LogP contribution in [0.4, 0.5) is 4.39 Å². The molecule has 1 aromatic carbocycles. The Bertz CT molecular complexity index is 1480. The molecule has 0 atom stereocenters. The van der Waals surface area contributed by atoms with E-state index in [1.807, 2.05) is 39.1 Å². The fourth-order valence-electron chi connectivity index (χ4n) is 3.41. The highest BCUT2D eigenvalue weighted by Gasteiger charge is 2.20. The summed E-state index contributed by atoms with van der Waals surface area (Å²) in [4.78, 5) is 22.6. The molecule has 0 unspecified atom stereocenters. The summed E-state index contributed by atoms with van der Waals surface area (Å²) in [6, 6.07) is 8.17. The molecule has 32 heavy (non-hydrogen) atoms. The predicted molar refractivity (Wildman–Crippen MR) is 120 cm³/mol. The van der Waals surface area contributed by atoms with Gasteiger partial charge >= 0.3 is 0 Å². The maximum absolute atomic E-state index is 14.9. The lowest BCUT2D eigenvalue weighted by molar-refractivity contribution is 0.631. The van der Waals surface area contributed by atoms with E-state index in [1.54, 1.807) is 29.2 Å². The van der Waals surface area contributed by atoms with Gasteiger partial charge in [-0.25, -0.2) is 29.0 Å². The molecule has 0 N–H and O–H groups in total. The van der Waals surface area contributed by atoms with Crippen LogP contribution in [0.1, 0.15) is 17.1 Å². The minimum Gasteiger partial charge on any atom is -0.265 e. The number of benzene rings is 1. The lowest BCUT2D eigenvalue weighted by atomic mass is 10.1. The van der Waals surface area contributed by atoms with Gasteiger partial charge in [-0.1, -0.05) is 11.6 Å². The molecule has 0 aliphatic carbocycles. The van der Waals surface area contributed by atoms with Crippen LogP contribution in [-0.2, 0) is 0 Å². The molecule has 0 spiro atoms. The molecule has 5 aromatic rings. The van der Waals surface area contributed by atoms with E-state index in [0.29, 0.717) is 33.3 Å². The Labute approximate surface area is 188 Å². The number of rotatable bonds is 3. The second-order valence-corrected chi connectivity index (χ2v) is 7.80. The second kappa shape index (κ2) is 7.72. The summed E-state index contributed by atoms with van der Waals surface area (Å²) < 4.78 is 16.6. The number of hydrogen-bond donors (Lipinski definition) is 0. The Hall–Kier alpha value is -3.78. The van der Waals surface area contributed by atoms with Crippen LogP contribution >= 0.6 is 11.6 Å². The molecule has 7 nitrogen and oxygen atoms in total. The number of hydrogen-bond acceptors (Lipinski definition) is 6. The van der Waals surface area contributed by atoms with E-state index in [1.165, 1.54) is 6.07 Å². The summed E-state index contributed by atoms with van der Waals surface area (Å²) in [5.41, 5.74) is 5.20. The van der Waals surface area contributed by atoms with Crippen molar-refractivity contribution < 1.29 is 4.39 Å². The van der Waals surface area contributed by atoms with Gasteiger partial charge in [0.15, 0.2) is 11.5 Å². The minimum atomic E-state index is -0.493. The van der Waals surface area contributed by atoms with E-state index in [0.717, 1.165) is 22.8 Å². The predicted octanol–water partition coefficient (Wildman–Crippen LogP) is 5.05. The molecular weight excluding hydrogens is 429 g/mol. The Morgan fingerprint density at radius 2 is 1.59 bits per heavy atom. The maximum atomic E-state index is 14.9. The molecule has 0 saturated carbocycles. The highest BCUT2D eigenvalue weighted by molar-refractivity contribution is 6.30. The van der Waals surface area contributed by atoms with Gasteiger partial charge in [0.1, 0.15) is 17.0 Å².